The Kier molecular flexibility index (Phi) is 5.40. The van der Waals surface area contributed by atoms with Crippen LogP contribution in [0, 0.1) is 11.8 Å². The average molecular weight is 243 g/mol. The molecular formula is C13H25NO3. The normalized spacial score (nSPS) is 31.1. The molecule has 4 heteroatoms. The van der Waals surface area contributed by atoms with E-state index in [1.165, 1.54) is 0 Å². The number of aliphatic hydroxyl groups is 1. The highest BCUT2D eigenvalue weighted by Gasteiger charge is 2.35. The van der Waals surface area contributed by atoms with Gasteiger partial charge in [-0.2, -0.15) is 0 Å². The summed E-state index contributed by atoms with van der Waals surface area (Å²) in [5.41, 5.74) is -0.695. The van der Waals surface area contributed by atoms with Gasteiger partial charge in [-0.15, -0.1) is 0 Å². The third kappa shape index (κ3) is 4.64. The first-order valence-electron chi connectivity index (χ1n) is 6.63. The van der Waals surface area contributed by atoms with E-state index in [0.717, 1.165) is 13.0 Å². The Balaban J connectivity index is 2.27. The van der Waals surface area contributed by atoms with Gasteiger partial charge in [0.2, 0.25) is 0 Å². The summed E-state index contributed by atoms with van der Waals surface area (Å²) in [5, 5.41) is 22.5. The molecule has 1 atom stereocenters. The van der Waals surface area contributed by atoms with E-state index in [1.54, 1.807) is 0 Å². The van der Waals surface area contributed by atoms with Crippen molar-refractivity contribution in [3.63, 3.8) is 0 Å². The van der Waals surface area contributed by atoms with Crippen LogP contribution in [0.15, 0.2) is 0 Å². The number of rotatable bonds is 6. The number of carbonyl (C=O) groups is 1. The van der Waals surface area contributed by atoms with Gasteiger partial charge in [0, 0.05) is 6.54 Å². The summed E-state index contributed by atoms with van der Waals surface area (Å²) in [6.07, 6.45) is 3.51. The van der Waals surface area contributed by atoms with Crippen LogP contribution in [0.3, 0.4) is 0 Å². The summed E-state index contributed by atoms with van der Waals surface area (Å²) < 4.78 is 0. The number of carboxylic acid groups (broad SMARTS) is 1. The summed E-state index contributed by atoms with van der Waals surface area (Å²) in [6.45, 7) is 5.84. The molecule has 0 radical (unpaired) electrons. The summed E-state index contributed by atoms with van der Waals surface area (Å²) in [4.78, 5) is 10.8. The van der Waals surface area contributed by atoms with Crippen molar-refractivity contribution in [2.24, 2.45) is 11.8 Å². The highest BCUT2D eigenvalue weighted by atomic mass is 16.4. The number of aliphatic carboxylic acids is 1. The molecule has 3 N–H and O–H groups in total. The van der Waals surface area contributed by atoms with Crippen LogP contribution in [0.25, 0.3) is 0 Å². The van der Waals surface area contributed by atoms with Gasteiger partial charge in [-0.05, 0) is 38.1 Å². The lowest BCUT2D eigenvalue weighted by Crippen LogP contribution is -2.45. The Morgan fingerprint density at radius 3 is 2.53 bits per heavy atom. The lowest BCUT2D eigenvalue weighted by molar-refractivity contribution is -0.144. The predicted molar refractivity (Wildman–Crippen MR) is 66.9 cm³/mol. The molecule has 1 fully saturated rings. The molecule has 1 aliphatic carbocycles. The third-order valence-electron chi connectivity index (χ3n) is 3.91. The monoisotopic (exact) mass is 243 g/mol. The van der Waals surface area contributed by atoms with Crippen molar-refractivity contribution in [1.82, 2.24) is 5.32 Å². The van der Waals surface area contributed by atoms with Crippen molar-refractivity contribution in [3.05, 3.63) is 0 Å². The lowest BCUT2D eigenvalue weighted by Gasteiger charge is -2.35. The third-order valence-corrected chi connectivity index (χ3v) is 3.91. The van der Waals surface area contributed by atoms with Crippen molar-refractivity contribution in [3.8, 4) is 0 Å². The minimum Gasteiger partial charge on any atom is -0.481 e. The van der Waals surface area contributed by atoms with Crippen molar-refractivity contribution in [2.75, 3.05) is 13.1 Å². The van der Waals surface area contributed by atoms with E-state index >= 15 is 0 Å². The molecule has 17 heavy (non-hydrogen) atoms. The van der Waals surface area contributed by atoms with Gasteiger partial charge in [0.15, 0.2) is 0 Å². The molecule has 1 saturated carbocycles. The summed E-state index contributed by atoms with van der Waals surface area (Å²) in [6, 6.07) is 0. The standard InChI is InChI=1S/C13H25NO3/c1-3-10(2)8-14-9-13(17)6-4-11(5-7-13)12(15)16/h10-11,14,17H,3-9H2,1-2H3,(H,15,16). The zero-order valence-corrected chi connectivity index (χ0v) is 10.9. The largest absolute Gasteiger partial charge is 0.481 e. The average Bonchev–Trinajstić information content (AvgIpc) is 2.29. The fourth-order valence-corrected chi connectivity index (χ4v) is 2.27. The molecule has 1 unspecified atom stereocenters. The van der Waals surface area contributed by atoms with E-state index in [-0.39, 0.29) is 5.92 Å². The van der Waals surface area contributed by atoms with Gasteiger partial charge < -0.3 is 15.5 Å². The number of carboxylic acids is 1. The van der Waals surface area contributed by atoms with Crippen LogP contribution < -0.4 is 5.32 Å². The Hall–Kier alpha value is -0.610. The lowest BCUT2D eigenvalue weighted by atomic mass is 9.79. The Morgan fingerprint density at radius 2 is 2.06 bits per heavy atom. The molecule has 1 aliphatic rings. The molecule has 0 amide bonds. The van der Waals surface area contributed by atoms with E-state index in [2.05, 4.69) is 19.2 Å². The van der Waals surface area contributed by atoms with Gasteiger partial charge in [-0.25, -0.2) is 0 Å². The smallest absolute Gasteiger partial charge is 0.306 e. The van der Waals surface area contributed by atoms with Gasteiger partial charge >= 0.3 is 5.97 Å². The molecule has 0 aromatic rings. The number of hydrogen-bond acceptors (Lipinski definition) is 3. The number of nitrogens with one attached hydrogen (secondary N) is 1. The molecule has 1 rings (SSSR count). The quantitative estimate of drug-likeness (QED) is 0.663. The first-order chi connectivity index (χ1) is 7.97. The van der Waals surface area contributed by atoms with E-state index in [1.807, 2.05) is 0 Å². The van der Waals surface area contributed by atoms with Crippen LogP contribution in [0.2, 0.25) is 0 Å². The molecule has 4 nitrogen and oxygen atoms in total. The minimum absolute atomic E-state index is 0.259. The Bertz CT molecular complexity index is 247. The minimum atomic E-state index is -0.723. The number of hydrogen-bond donors (Lipinski definition) is 3. The van der Waals surface area contributed by atoms with Gasteiger partial charge in [-0.3, -0.25) is 4.79 Å². The first kappa shape index (κ1) is 14.5. The van der Waals surface area contributed by atoms with Gasteiger partial charge in [0.05, 0.1) is 11.5 Å². The zero-order valence-electron chi connectivity index (χ0n) is 10.9. The summed E-state index contributed by atoms with van der Waals surface area (Å²) in [7, 11) is 0. The van der Waals surface area contributed by atoms with E-state index in [9.17, 15) is 9.90 Å². The van der Waals surface area contributed by atoms with Crippen LogP contribution in [0.4, 0.5) is 0 Å². The molecule has 0 saturated heterocycles. The second-order valence-electron chi connectivity index (χ2n) is 5.48. The molecule has 0 heterocycles. The van der Waals surface area contributed by atoms with Gasteiger partial charge in [-0.1, -0.05) is 20.3 Å². The van der Waals surface area contributed by atoms with Gasteiger partial charge in [0.1, 0.15) is 0 Å². The highest BCUT2D eigenvalue weighted by molar-refractivity contribution is 5.70. The molecule has 100 valence electrons. The van der Waals surface area contributed by atoms with E-state index < -0.39 is 11.6 Å². The van der Waals surface area contributed by atoms with Crippen LogP contribution in [-0.2, 0) is 4.79 Å². The predicted octanol–water partition coefficient (Wildman–Crippen LogP) is 1.63. The molecule has 0 aromatic heterocycles. The second-order valence-corrected chi connectivity index (χ2v) is 5.48. The summed E-state index contributed by atoms with van der Waals surface area (Å²) in [5.74, 6) is -0.363. The van der Waals surface area contributed by atoms with Crippen molar-refractivity contribution >= 4 is 5.97 Å². The fraction of sp³-hybridized carbons (Fsp3) is 0.923. The molecule has 0 aromatic carbocycles. The zero-order chi connectivity index (χ0) is 12.9. The van der Waals surface area contributed by atoms with E-state index in [0.29, 0.717) is 38.1 Å². The Labute approximate surface area is 103 Å². The molecule has 0 spiro atoms. The maximum absolute atomic E-state index is 10.8. The van der Waals surface area contributed by atoms with Crippen LogP contribution in [0.5, 0.6) is 0 Å². The highest BCUT2D eigenvalue weighted by Crippen LogP contribution is 2.31. The topological polar surface area (TPSA) is 69.6 Å². The molecular weight excluding hydrogens is 218 g/mol. The SMILES string of the molecule is CCC(C)CNCC1(O)CCC(C(=O)O)CC1. The fourth-order valence-electron chi connectivity index (χ4n) is 2.27. The van der Waals surface area contributed by atoms with E-state index in [4.69, 9.17) is 5.11 Å². The van der Waals surface area contributed by atoms with Crippen molar-refractivity contribution < 1.29 is 15.0 Å². The van der Waals surface area contributed by atoms with Crippen molar-refractivity contribution in [1.29, 1.82) is 0 Å². The second kappa shape index (κ2) is 6.36. The molecule has 0 bridgehead atoms. The molecule has 0 aliphatic heterocycles. The van der Waals surface area contributed by atoms with Crippen LogP contribution >= 0.6 is 0 Å². The van der Waals surface area contributed by atoms with Gasteiger partial charge in [0.25, 0.3) is 0 Å². The van der Waals surface area contributed by atoms with Crippen LogP contribution in [-0.4, -0.2) is 34.9 Å². The maximum Gasteiger partial charge on any atom is 0.306 e. The van der Waals surface area contributed by atoms with Crippen LogP contribution in [0.1, 0.15) is 46.0 Å². The maximum atomic E-state index is 10.8. The first-order valence-corrected chi connectivity index (χ1v) is 6.63. The summed E-state index contributed by atoms with van der Waals surface area (Å²) >= 11 is 0. The Morgan fingerprint density at radius 1 is 1.47 bits per heavy atom. The van der Waals surface area contributed by atoms with Crippen molar-refractivity contribution in [2.45, 2.75) is 51.6 Å².